The van der Waals surface area contributed by atoms with Crippen LogP contribution in [0.1, 0.15) is 42.9 Å². The van der Waals surface area contributed by atoms with Gasteiger partial charge in [0, 0.05) is 19.5 Å². The van der Waals surface area contributed by atoms with Crippen LogP contribution in [0.2, 0.25) is 0 Å². The van der Waals surface area contributed by atoms with Gasteiger partial charge < -0.3 is 5.11 Å². The molecule has 1 saturated heterocycles. The molecule has 1 aromatic carbocycles. The molecule has 21 heavy (non-hydrogen) atoms. The lowest BCUT2D eigenvalue weighted by Crippen LogP contribution is -2.38. The Morgan fingerprint density at radius 2 is 2.19 bits per heavy atom. The third kappa shape index (κ3) is 4.57. The smallest absolute Gasteiger partial charge is 0.303 e. The van der Waals surface area contributed by atoms with Crippen molar-refractivity contribution in [3.8, 4) is 0 Å². The van der Waals surface area contributed by atoms with Crippen molar-refractivity contribution < 1.29 is 9.90 Å². The van der Waals surface area contributed by atoms with Gasteiger partial charge in [-0.15, -0.1) is 0 Å². The molecule has 0 amide bonds. The molecular formula is C18H27NO2. The van der Waals surface area contributed by atoms with E-state index in [0.29, 0.717) is 12.3 Å². The molecule has 1 heterocycles. The third-order valence-electron chi connectivity index (χ3n) is 4.74. The van der Waals surface area contributed by atoms with Crippen LogP contribution in [0, 0.1) is 25.7 Å². The van der Waals surface area contributed by atoms with Gasteiger partial charge in [0.05, 0.1) is 0 Å². The quantitative estimate of drug-likeness (QED) is 0.900. The zero-order valence-corrected chi connectivity index (χ0v) is 13.4. The summed E-state index contributed by atoms with van der Waals surface area (Å²) in [6.07, 6.45) is 2.64. The van der Waals surface area contributed by atoms with Gasteiger partial charge >= 0.3 is 5.97 Å². The monoisotopic (exact) mass is 289 g/mol. The fourth-order valence-corrected chi connectivity index (χ4v) is 3.41. The number of hydrogen-bond acceptors (Lipinski definition) is 2. The first-order chi connectivity index (χ1) is 9.95. The van der Waals surface area contributed by atoms with Gasteiger partial charge in [-0.05, 0) is 56.2 Å². The molecule has 0 saturated carbocycles. The highest BCUT2D eigenvalue weighted by Crippen LogP contribution is 2.27. The minimum absolute atomic E-state index is 0.268. The Bertz CT molecular complexity index is 498. The molecule has 2 atom stereocenters. The lowest BCUT2D eigenvalue weighted by Gasteiger charge is -2.35. The van der Waals surface area contributed by atoms with Gasteiger partial charge in [-0.25, -0.2) is 0 Å². The van der Waals surface area contributed by atoms with Crippen LogP contribution >= 0.6 is 0 Å². The van der Waals surface area contributed by atoms with Crippen LogP contribution in [0.25, 0.3) is 0 Å². The number of carboxylic acids is 1. The van der Waals surface area contributed by atoms with Gasteiger partial charge in [0.25, 0.3) is 0 Å². The summed E-state index contributed by atoms with van der Waals surface area (Å²) in [7, 11) is 0. The minimum atomic E-state index is -0.672. The lowest BCUT2D eigenvalue weighted by molar-refractivity contribution is -0.138. The summed E-state index contributed by atoms with van der Waals surface area (Å²) >= 11 is 0. The number of nitrogens with zero attached hydrogens (tertiary/aromatic N) is 1. The average molecular weight is 289 g/mol. The predicted molar refractivity (Wildman–Crippen MR) is 85.3 cm³/mol. The Labute approximate surface area is 128 Å². The highest BCUT2D eigenvalue weighted by molar-refractivity contribution is 5.67. The molecule has 2 rings (SSSR count). The Balaban J connectivity index is 1.96. The van der Waals surface area contributed by atoms with Crippen molar-refractivity contribution in [2.75, 3.05) is 13.1 Å². The summed E-state index contributed by atoms with van der Waals surface area (Å²) in [5.41, 5.74) is 4.06. The standard InChI is InChI=1S/C18H27NO2/c1-13-6-7-17(14(2)9-13)12-19-8-4-5-16(11-19)15(3)10-18(20)21/h6-7,9,15-16H,4-5,8,10-12H2,1-3H3,(H,20,21). The maximum atomic E-state index is 10.9. The molecule has 3 heteroatoms. The number of rotatable bonds is 5. The molecule has 3 nitrogen and oxygen atoms in total. The summed E-state index contributed by atoms with van der Waals surface area (Å²) in [5.74, 6) is 0.110. The number of aliphatic carboxylic acids is 1. The molecule has 0 bridgehead atoms. The normalized spacial score (nSPS) is 21.2. The van der Waals surface area contributed by atoms with E-state index in [2.05, 4.69) is 43.9 Å². The number of piperidine rings is 1. The van der Waals surface area contributed by atoms with E-state index in [9.17, 15) is 4.79 Å². The Morgan fingerprint density at radius 1 is 1.43 bits per heavy atom. The second-order valence-electron chi connectivity index (χ2n) is 6.64. The zero-order valence-electron chi connectivity index (χ0n) is 13.4. The summed E-state index contributed by atoms with van der Waals surface area (Å²) in [6, 6.07) is 6.65. The molecular weight excluding hydrogens is 262 g/mol. The zero-order chi connectivity index (χ0) is 15.4. The van der Waals surface area contributed by atoms with Gasteiger partial charge in [-0.3, -0.25) is 9.69 Å². The van der Waals surface area contributed by atoms with Gasteiger partial charge in [0.1, 0.15) is 0 Å². The van der Waals surface area contributed by atoms with Crippen LogP contribution in [0.5, 0.6) is 0 Å². The topological polar surface area (TPSA) is 40.5 Å². The Morgan fingerprint density at radius 3 is 2.86 bits per heavy atom. The summed E-state index contributed by atoms with van der Waals surface area (Å²) in [4.78, 5) is 13.4. The second-order valence-corrected chi connectivity index (χ2v) is 6.64. The second kappa shape index (κ2) is 7.08. The van der Waals surface area contributed by atoms with Crippen LogP contribution < -0.4 is 0 Å². The van der Waals surface area contributed by atoms with E-state index in [1.807, 2.05) is 0 Å². The Hall–Kier alpha value is -1.35. The first-order valence-corrected chi connectivity index (χ1v) is 7.96. The minimum Gasteiger partial charge on any atom is -0.481 e. The van der Waals surface area contributed by atoms with Gasteiger partial charge in [-0.1, -0.05) is 30.7 Å². The van der Waals surface area contributed by atoms with Crippen molar-refractivity contribution in [1.29, 1.82) is 0 Å². The van der Waals surface area contributed by atoms with Crippen molar-refractivity contribution in [1.82, 2.24) is 4.90 Å². The van der Waals surface area contributed by atoms with Crippen LogP contribution in [-0.2, 0) is 11.3 Å². The maximum Gasteiger partial charge on any atom is 0.303 e. The van der Waals surface area contributed by atoms with Crippen LogP contribution in [0.4, 0.5) is 0 Å². The van der Waals surface area contributed by atoms with E-state index in [1.165, 1.54) is 23.1 Å². The van der Waals surface area contributed by atoms with Crippen molar-refractivity contribution in [3.05, 3.63) is 34.9 Å². The van der Waals surface area contributed by atoms with Crippen LogP contribution in [0.15, 0.2) is 18.2 Å². The van der Waals surface area contributed by atoms with Crippen molar-refractivity contribution in [3.63, 3.8) is 0 Å². The van der Waals surface area contributed by atoms with Gasteiger partial charge in [0.15, 0.2) is 0 Å². The van der Waals surface area contributed by atoms with Crippen molar-refractivity contribution in [2.45, 2.75) is 46.6 Å². The number of carbonyl (C=O) groups is 1. The first kappa shape index (κ1) is 16.0. The molecule has 0 aromatic heterocycles. The van der Waals surface area contributed by atoms with E-state index in [-0.39, 0.29) is 5.92 Å². The highest BCUT2D eigenvalue weighted by atomic mass is 16.4. The molecule has 2 unspecified atom stereocenters. The van der Waals surface area contributed by atoms with Crippen molar-refractivity contribution >= 4 is 5.97 Å². The van der Waals surface area contributed by atoms with E-state index in [0.717, 1.165) is 26.1 Å². The van der Waals surface area contributed by atoms with Crippen molar-refractivity contribution in [2.24, 2.45) is 11.8 Å². The fourth-order valence-electron chi connectivity index (χ4n) is 3.41. The first-order valence-electron chi connectivity index (χ1n) is 7.96. The van der Waals surface area contributed by atoms with E-state index < -0.39 is 5.97 Å². The van der Waals surface area contributed by atoms with E-state index >= 15 is 0 Å². The molecule has 0 aliphatic carbocycles. The molecule has 0 spiro atoms. The SMILES string of the molecule is Cc1ccc(CN2CCCC(C(C)CC(=O)O)C2)c(C)c1. The number of aryl methyl sites for hydroxylation is 2. The van der Waals surface area contributed by atoms with E-state index in [1.54, 1.807) is 0 Å². The molecule has 1 aliphatic rings. The van der Waals surface area contributed by atoms with Gasteiger partial charge in [-0.2, -0.15) is 0 Å². The van der Waals surface area contributed by atoms with Crippen LogP contribution in [0.3, 0.4) is 0 Å². The lowest BCUT2D eigenvalue weighted by atomic mass is 9.84. The number of likely N-dealkylation sites (tertiary alicyclic amines) is 1. The predicted octanol–water partition coefficient (Wildman–Crippen LogP) is 3.63. The highest BCUT2D eigenvalue weighted by Gasteiger charge is 2.26. The summed E-state index contributed by atoms with van der Waals surface area (Å²) in [5, 5.41) is 8.96. The molecule has 0 radical (unpaired) electrons. The number of benzene rings is 1. The molecule has 1 fully saturated rings. The third-order valence-corrected chi connectivity index (χ3v) is 4.74. The fraction of sp³-hybridized carbons (Fsp3) is 0.611. The maximum absolute atomic E-state index is 10.9. The largest absolute Gasteiger partial charge is 0.481 e. The Kier molecular flexibility index (Phi) is 5.40. The summed E-state index contributed by atoms with van der Waals surface area (Å²) in [6.45, 7) is 9.53. The molecule has 116 valence electrons. The van der Waals surface area contributed by atoms with E-state index in [4.69, 9.17) is 5.11 Å². The molecule has 1 aromatic rings. The molecule has 1 N–H and O–H groups in total. The van der Waals surface area contributed by atoms with Gasteiger partial charge in [0.2, 0.25) is 0 Å². The van der Waals surface area contributed by atoms with Crippen LogP contribution in [-0.4, -0.2) is 29.1 Å². The number of hydrogen-bond donors (Lipinski definition) is 1. The summed E-state index contributed by atoms with van der Waals surface area (Å²) < 4.78 is 0. The molecule has 1 aliphatic heterocycles. The average Bonchev–Trinajstić information content (AvgIpc) is 2.41. The number of carboxylic acid groups (broad SMARTS) is 1.